The lowest BCUT2D eigenvalue weighted by Gasteiger charge is -2.05. The van der Waals surface area contributed by atoms with E-state index in [1.165, 1.54) is 0 Å². The molecule has 25 heavy (non-hydrogen) atoms. The number of pyridine rings is 1. The first kappa shape index (κ1) is 16.8. The van der Waals surface area contributed by atoms with Gasteiger partial charge in [0.25, 0.3) is 0 Å². The number of anilines is 1. The van der Waals surface area contributed by atoms with E-state index in [4.69, 9.17) is 0 Å². The van der Waals surface area contributed by atoms with E-state index in [1.54, 1.807) is 24.4 Å². The van der Waals surface area contributed by atoms with Gasteiger partial charge in [-0.2, -0.15) is 0 Å². The number of carboxylic acids is 1. The van der Waals surface area contributed by atoms with Crippen molar-refractivity contribution in [1.29, 1.82) is 0 Å². The van der Waals surface area contributed by atoms with Crippen molar-refractivity contribution in [2.45, 2.75) is 19.8 Å². The molecule has 3 aromatic rings. The number of nitrogens with zero attached hydrogens (tertiary/aromatic N) is 1. The Labute approximate surface area is 146 Å². The van der Waals surface area contributed by atoms with Crippen LogP contribution in [0.4, 0.5) is 5.82 Å². The van der Waals surface area contributed by atoms with Crippen LogP contribution >= 0.6 is 0 Å². The van der Waals surface area contributed by atoms with Crippen molar-refractivity contribution in [2.75, 3.05) is 11.9 Å². The summed E-state index contributed by atoms with van der Waals surface area (Å²) >= 11 is 0. The van der Waals surface area contributed by atoms with Gasteiger partial charge in [0, 0.05) is 23.7 Å². The number of rotatable bonds is 7. The van der Waals surface area contributed by atoms with Crippen LogP contribution in [-0.4, -0.2) is 27.6 Å². The van der Waals surface area contributed by atoms with Gasteiger partial charge in [0.1, 0.15) is 11.5 Å². The molecule has 5 heteroatoms. The van der Waals surface area contributed by atoms with E-state index in [-0.39, 0.29) is 5.57 Å². The fourth-order valence-electron chi connectivity index (χ4n) is 2.68. The van der Waals surface area contributed by atoms with Gasteiger partial charge in [-0.3, -0.25) is 0 Å². The smallest absolute Gasteiger partial charge is 0.336 e. The fourth-order valence-corrected chi connectivity index (χ4v) is 2.68. The van der Waals surface area contributed by atoms with E-state index in [0.29, 0.717) is 5.56 Å². The number of benzene rings is 1. The van der Waals surface area contributed by atoms with Crippen LogP contribution in [0.2, 0.25) is 0 Å². The molecule has 3 rings (SSSR count). The largest absolute Gasteiger partial charge is 0.478 e. The standard InChI is InChI=1S/C20H21N3O2/c1-2-3-11-21-18-10-9-16-15(13-22-19(16)23-18)12-17(20(24)25)14-7-5-4-6-8-14/h4-10,12-13H,2-3,11H2,1H3,(H,24,25)(H2,21,22,23). The number of aromatic nitrogens is 2. The molecule has 0 amide bonds. The van der Waals surface area contributed by atoms with Crippen LogP contribution in [0.25, 0.3) is 22.7 Å². The summed E-state index contributed by atoms with van der Waals surface area (Å²) in [5.74, 6) is -0.133. The van der Waals surface area contributed by atoms with Crippen molar-refractivity contribution in [1.82, 2.24) is 9.97 Å². The molecule has 1 aromatic carbocycles. The minimum absolute atomic E-state index is 0.256. The van der Waals surface area contributed by atoms with E-state index < -0.39 is 5.97 Å². The first-order valence-electron chi connectivity index (χ1n) is 8.41. The normalized spacial score (nSPS) is 11.6. The number of carboxylic acid groups (broad SMARTS) is 1. The third-order valence-electron chi connectivity index (χ3n) is 4.02. The second kappa shape index (κ2) is 7.66. The number of aliphatic carboxylic acids is 1. The minimum atomic E-state index is -0.952. The zero-order valence-corrected chi connectivity index (χ0v) is 14.1. The Morgan fingerprint density at radius 1 is 1.24 bits per heavy atom. The van der Waals surface area contributed by atoms with E-state index >= 15 is 0 Å². The van der Waals surface area contributed by atoms with Gasteiger partial charge in [0.2, 0.25) is 0 Å². The molecular weight excluding hydrogens is 314 g/mol. The number of nitrogens with one attached hydrogen (secondary N) is 2. The molecule has 0 aliphatic heterocycles. The highest BCUT2D eigenvalue weighted by Crippen LogP contribution is 2.24. The Balaban J connectivity index is 1.94. The number of unbranched alkanes of at least 4 members (excludes halogenated alkanes) is 1. The highest BCUT2D eigenvalue weighted by molar-refractivity contribution is 6.21. The molecular formula is C20H21N3O2. The number of carbonyl (C=O) groups is 1. The van der Waals surface area contributed by atoms with E-state index in [2.05, 4.69) is 22.2 Å². The average molecular weight is 335 g/mol. The minimum Gasteiger partial charge on any atom is -0.478 e. The number of hydrogen-bond donors (Lipinski definition) is 3. The van der Waals surface area contributed by atoms with Crippen LogP contribution in [0.5, 0.6) is 0 Å². The summed E-state index contributed by atoms with van der Waals surface area (Å²) in [6.45, 7) is 3.04. The van der Waals surface area contributed by atoms with Gasteiger partial charge in [-0.25, -0.2) is 9.78 Å². The second-order valence-electron chi connectivity index (χ2n) is 5.85. The van der Waals surface area contributed by atoms with E-state index in [0.717, 1.165) is 41.8 Å². The molecule has 0 aliphatic carbocycles. The maximum atomic E-state index is 11.7. The molecule has 0 radical (unpaired) electrons. The second-order valence-corrected chi connectivity index (χ2v) is 5.85. The van der Waals surface area contributed by atoms with Crippen molar-refractivity contribution in [2.24, 2.45) is 0 Å². The maximum absolute atomic E-state index is 11.7. The summed E-state index contributed by atoms with van der Waals surface area (Å²) in [5.41, 5.74) is 2.48. The molecule has 0 spiro atoms. The predicted molar refractivity (Wildman–Crippen MR) is 101 cm³/mol. The third-order valence-corrected chi connectivity index (χ3v) is 4.02. The molecule has 0 aliphatic rings. The van der Waals surface area contributed by atoms with Gasteiger partial charge in [-0.15, -0.1) is 0 Å². The summed E-state index contributed by atoms with van der Waals surface area (Å²) in [5, 5.41) is 13.7. The molecule has 3 N–H and O–H groups in total. The highest BCUT2D eigenvalue weighted by Gasteiger charge is 2.12. The van der Waals surface area contributed by atoms with Crippen LogP contribution in [0.15, 0.2) is 48.7 Å². The van der Waals surface area contributed by atoms with Crippen molar-refractivity contribution in [3.63, 3.8) is 0 Å². The van der Waals surface area contributed by atoms with E-state index in [1.807, 2.05) is 30.3 Å². The molecule has 0 atom stereocenters. The van der Waals surface area contributed by atoms with Gasteiger partial charge in [-0.1, -0.05) is 43.7 Å². The van der Waals surface area contributed by atoms with Crippen molar-refractivity contribution >= 4 is 34.5 Å². The van der Waals surface area contributed by atoms with Crippen molar-refractivity contribution in [3.05, 3.63) is 59.8 Å². The van der Waals surface area contributed by atoms with Gasteiger partial charge in [0.05, 0.1) is 5.57 Å². The summed E-state index contributed by atoms with van der Waals surface area (Å²) < 4.78 is 0. The van der Waals surface area contributed by atoms with Gasteiger partial charge in [-0.05, 0) is 30.2 Å². The molecule has 128 valence electrons. The zero-order valence-electron chi connectivity index (χ0n) is 14.1. The van der Waals surface area contributed by atoms with Crippen molar-refractivity contribution < 1.29 is 9.90 Å². The maximum Gasteiger partial charge on any atom is 0.336 e. The average Bonchev–Trinajstić information content (AvgIpc) is 3.02. The zero-order chi connectivity index (χ0) is 17.6. The summed E-state index contributed by atoms with van der Waals surface area (Å²) in [6.07, 6.45) is 5.70. The Hall–Kier alpha value is -3.08. The Morgan fingerprint density at radius 3 is 2.76 bits per heavy atom. The number of aromatic amines is 1. The third kappa shape index (κ3) is 3.88. The molecule has 0 bridgehead atoms. The SMILES string of the molecule is CCCCNc1ccc2c(C=C(C(=O)O)c3ccccc3)c[nH]c2n1. The molecule has 0 fully saturated rings. The van der Waals surface area contributed by atoms with Crippen LogP contribution in [-0.2, 0) is 4.79 Å². The molecule has 2 heterocycles. The first-order chi connectivity index (χ1) is 12.2. The Morgan fingerprint density at radius 2 is 2.04 bits per heavy atom. The van der Waals surface area contributed by atoms with Gasteiger partial charge in [0.15, 0.2) is 0 Å². The lowest BCUT2D eigenvalue weighted by Crippen LogP contribution is -2.02. The summed E-state index contributed by atoms with van der Waals surface area (Å²) in [4.78, 5) is 19.3. The van der Waals surface area contributed by atoms with Crippen LogP contribution in [0.1, 0.15) is 30.9 Å². The molecule has 0 saturated heterocycles. The summed E-state index contributed by atoms with van der Waals surface area (Å²) in [7, 11) is 0. The lowest BCUT2D eigenvalue weighted by molar-refractivity contribution is -0.130. The summed E-state index contributed by atoms with van der Waals surface area (Å²) in [6, 6.07) is 13.0. The molecule has 0 saturated carbocycles. The Kier molecular flexibility index (Phi) is 5.14. The molecule has 2 aromatic heterocycles. The Bertz CT molecular complexity index is 898. The molecule has 0 unspecified atom stereocenters. The van der Waals surface area contributed by atoms with Crippen LogP contribution in [0.3, 0.4) is 0 Å². The van der Waals surface area contributed by atoms with Crippen LogP contribution in [0, 0.1) is 0 Å². The lowest BCUT2D eigenvalue weighted by atomic mass is 10.0. The fraction of sp³-hybridized carbons (Fsp3) is 0.200. The van der Waals surface area contributed by atoms with Gasteiger partial charge < -0.3 is 15.4 Å². The van der Waals surface area contributed by atoms with Gasteiger partial charge >= 0.3 is 5.97 Å². The topological polar surface area (TPSA) is 78.0 Å². The predicted octanol–water partition coefficient (Wildman–Crippen LogP) is 4.40. The number of fused-ring (bicyclic) bond motifs is 1. The van der Waals surface area contributed by atoms with E-state index in [9.17, 15) is 9.90 Å². The highest BCUT2D eigenvalue weighted by atomic mass is 16.4. The quantitative estimate of drug-likeness (QED) is 0.442. The number of H-pyrrole nitrogens is 1. The monoisotopic (exact) mass is 335 g/mol. The van der Waals surface area contributed by atoms with Crippen molar-refractivity contribution in [3.8, 4) is 0 Å². The molecule has 5 nitrogen and oxygen atoms in total. The number of hydrogen-bond acceptors (Lipinski definition) is 3. The van der Waals surface area contributed by atoms with Crippen LogP contribution < -0.4 is 5.32 Å². The first-order valence-corrected chi connectivity index (χ1v) is 8.41.